The zero-order chi connectivity index (χ0) is 22.1. The van der Waals surface area contributed by atoms with Crippen molar-refractivity contribution < 1.29 is 22.7 Å². The first-order chi connectivity index (χ1) is 14.1. The maximum atomic E-state index is 13.2. The van der Waals surface area contributed by atoms with Gasteiger partial charge in [-0.25, -0.2) is 12.7 Å². The van der Waals surface area contributed by atoms with Gasteiger partial charge >= 0.3 is 0 Å². The molecule has 1 aliphatic heterocycles. The van der Waals surface area contributed by atoms with Crippen molar-refractivity contribution in [1.82, 2.24) is 4.31 Å². The monoisotopic (exact) mass is 506 g/mol. The van der Waals surface area contributed by atoms with Crippen LogP contribution in [0.3, 0.4) is 0 Å². The maximum Gasteiger partial charge on any atom is 0.266 e. The van der Waals surface area contributed by atoms with Crippen molar-refractivity contribution in [2.75, 3.05) is 19.4 Å². The highest BCUT2D eigenvalue weighted by Crippen LogP contribution is 2.31. The van der Waals surface area contributed by atoms with Crippen LogP contribution in [0.15, 0.2) is 41.3 Å². The lowest BCUT2D eigenvalue weighted by atomic mass is 9.93. The van der Waals surface area contributed by atoms with Crippen LogP contribution in [0.2, 0.25) is 10.0 Å². The number of nitrogen functional groups attached to an aromatic ring is 1. The van der Waals surface area contributed by atoms with Crippen molar-refractivity contribution in [1.29, 1.82) is 0 Å². The van der Waals surface area contributed by atoms with Crippen LogP contribution in [-0.4, -0.2) is 38.1 Å². The number of hydrogen-bond acceptors (Lipinski definition) is 6. The van der Waals surface area contributed by atoms with Crippen LogP contribution in [0.1, 0.15) is 18.4 Å². The van der Waals surface area contributed by atoms with Gasteiger partial charge in [-0.15, -0.1) is 12.4 Å². The minimum Gasteiger partial charge on any atom is -0.496 e. The Kier molecular flexibility index (Phi) is 8.21. The lowest BCUT2D eigenvalue weighted by molar-refractivity contribution is -0.131. The van der Waals surface area contributed by atoms with E-state index in [1.807, 2.05) is 0 Å². The normalized spacial score (nSPS) is 17.1. The standard InChI is InChI=1S/C20H20Cl2N2O5S.ClH/c1-29-19-7-3-14(21)9-13(19)8-12-2-4-15(25)11-24(20(12)26)30(27,28)16-5-6-17(22)18(23)10-16;/h3,5-7,9-10,12H,2,4,8,11,23H2,1H3;1H. The first-order valence-electron chi connectivity index (χ1n) is 9.09. The lowest BCUT2D eigenvalue weighted by Gasteiger charge is -2.24. The fourth-order valence-corrected chi connectivity index (χ4v) is 5.14. The number of hydrogen-bond donors (Lipinski definition) is 1. The van der Waals surface area contributed by atoms with Crippen molar-refractivity contribution in [3.63, 3.8) is 0 Å². The summed E-state index contributed by atoms with van der Waals surface area (Å²) in [7, 11) is -2.80. The van der Waals surface area contributed by atoms with E-state index < -0.39 is 28.4 Å². The number of carbonyl (C=O) groups excluding carboxylic acids is 2. The summed E-state index contributed by atoms with van der Waals surface area (Å²) in [4.78, 5) is 25.3. The second kappa shape index (κ2) is 10.1. The Balaban J connectivity index is 0.00000341. The van der Waals surface area contributed by atoms with Crippen LogP contribution in [0.4, 0.5) is 5.69 Å². The van der Waals surface area contributed by atoms with E-state index in [0.29, 0.717) is 20.6 Å². The number of anilines is 1. The molecule has 1 amide bonds. The Morgan fingerprint density at radius 1 is 1.16 bits per heavy atom. The van der Waals surface area contributed by atoms with Crippen molar-refractivity contribution in [3.05, 3.63) is 52.0 Å². The summed E-state index contributed by atoms with van der Waals surface area (Å²) in [5, 5.41) is 0.655. The molecule has 0 aromatic heterocycles. The summed E-state index contributed by atoms with van der Waals surface area (Å²) >= 11 is 11.9. The average Bonchev–Trinajstić information content (AvgIpc) is 2.84. The first kappa shape index (κ1) is 25.3. The van der Waals surface area contributed by atoms with Gasteiger partial charge in [-0.2, -0.15) is 0 Å². The van der Waals surface area contributed by atoms with Crippen molar-refractivity contribution >= 4 is 63.0 Å². The molecule has 2 aromatic carbocycles. The maximum absolute atomic E-state index is 13.2. The largest absolute Gasteiger partial charge is 0.496 e. The number of nitrogens with zero attached hydrogens (tertiary/aromatic N) is 1. The molecular weight excluding hydrogens is 487 g/mol. The molecule has 0 saturated carbocycles. The number of sulfonamides is 1. The summed E-state index contributed by atoms with van der Waals surface area (Å²) in [6, 6.07) is 8.77. The molecule has 31 heavy (non-hydrogen) atoms. The highest BCUT2D eigenvalue weighted by atomic mass is 35.5. The van der Waals surface area contributed by atoms with Gasteiger partial charge in [0.1, 0.15) is 5.75 Å². The van der Waals surface area contributed by atoms with Gasteiger partial charge in [-0.05, 0) is 54.8 Å². The van der Waals surface area contributed by atoms with E-state index in [0.717, 1.165) is 0 Å². The van der Waals surface area contributed by atoms with Crippen LogP contribution in [-0.2, 0) is 26.0 Å². The minimum atomic E-state index is -4.29. The zero-order valence-electron chi connectivity index (χ0n) is 16.5. The van der Waals surface area contributed by atoms with Gasteiger partial charge in [-0.1, -0.05) is 23.2 Å². The van der Waals surface area contributed by atoms with E-state index in [2.05, 4.69) is 0 Å². The van der Waals surface area contributed by atoms with Crippen molar-refractivity contribution in [2.45, 2.75) is 24.2 Å². The number of methoxy groups -OCH3 is 1. The molecule has 2 aromatic rings. The molecule has 1 aliphatic rings. The highest BCUT2D eigenvalue weighted by Gasteiger charge is 2.38. The van der Waals surface area contributed by atoms with Crippen LogP contribution in [0.5, 0.6) is 5.75 Å². The van der Waals surface area contributed by atoms with Gasteiger partial charge in [-0.3, -0.25) is 9.59 Å². The minimum absolute atomic E-state index is 0. The third kappa shape index (κ3) is 5.44. The number of nitrogens with two attached hydrogens (primary N) is 1. The molecule has 0 radical (unpaired) electrons. The first-order valence-corrected chi connectivity index (χ1v) is 11.3. The lowest BCUT2D eigenvalue weighted by Crippen LogP contribution is -2.42. The fourth-order valence-electron chi connectivity index (χ4n) is 3.35. The van der Waals surface area contributed by atoms with Gasteiger partial charge in [0.15, 0.2) is 5.78 Å². The number of ether oxygens (including phenoxy) is 1. The van der Waals surface area contributed by atoms with Gasteiger partial charge in [0, 0.05) is 17.4 Å². The Bertz CT molecular complexity index is 1110. The third-order valence-electron chi connectivity index (χ3n) is 4.95. The number of carbonyl (C=O) groups is 2. The smallest absolute Gasteiger partial charge is 0.266 e. The molecule has 168 valence electrons. The van der Waals surface area contributed by atoms with E-state index >= 15 is 0 Å². The van der Waals surface area contributed by atoms with E-state index in [1.54, 1.807) is 18.2 Å². The Labute approximate surface area is 196 Å². The summed E-state index contributed by atoms with van der Waals surface area (Å²) in [5.74, 6) is -1.20. The summed E-state index contributed by atoms with van der Waals surface area (Å²) < 4.78 is 32.2. The number of ketones is 1. The molecule has 1 saturated heterocycles. The Morgan fingerprint density at radius 2 is 1.87 bits per heavy atom. The van der Waals surface area contributed by atoms with E-state index in [-0.39, 0.29) is 53.1 Å². The molecule has 0 bridgehead atoms. The SMILES string of the molecule is COc1ccc(Cl)cc1CC1CCC(=O)CN(S(=O)(=O)c2ccc(Cl)c(N)c2)C1=O.Cl. The van der Waals surface area contributed by atoms with Crippen LogP contribution in [0, 0.1) is 5.92 Å². The van der Waals surface area contributed by atoms with Crippen molar-refractivity contribution in [3.8, 4) is 5.75 Å². The van der Waals surface area contributed by atoms with Gasteiger partial charge in [0.05, 0.1) is 29.3 Å². The van der Waals surface area contributed by atoms with Gasteiger partial charge < -0.3 is 10.5 Å². The molecule has 1 unspecified atom stereocenters. The second-order valence-corrected chi connectivity index (χ2v) is 9.67. The van der Waals surface area contributed by atoms with Crippen LogP contribution in [0.25, 0.3) is 0 Å². The second-order valence-electron chi connectivity index (χ2n) is 6.97. The topological polar surface area (TPSA) is 107 Å². The third-order valence-corrected chi connectivity index (χ3v) is 7.27. The summed E-state index contributed by atoms with van der Waals surface area (Å²) in [5.41, 5.74) is 6.44. The molecule has 1 fully saturated rings. The molecule has 1 heterocycles. The molecule has 7 nitrogen and oxygen atoms in total. The van der Waals surface area contributed by atoms with E-state index in [4.69, 9.17) is 33.7 Å². The quantitative estimate of drug-likeness (QED) is 0.618. The van der Waals surface area contributed by atoms with Crippen LogP contribution < -0.4 is 10.5 Å². The number of benzene rings is 2. The average molecular weight is 508 g/mol. The summed E-state index contributed by atoms with van der Waals surface area (Å²) in [6.45, 7) is -0.521. The molecular formula is C20H21Cl3N2O5S. The predicted molar refractivity (Wildman–Crippen MR) is 121 cm³/mol. The zero-order valence-corrected chi connectivity index (χ0v) is 19.7. The van der Waals surface area contributed by atoms with Gasteiger partial charge in [0.2, 0.25) is 5.91 Å². The molecule has 3 rings (SSSR count). The number of rotatable bonds is 5. The Morgan fingerprint density at radius 3 is 2.52 bits per heavy atom. The predicted octanol–water partition coefficient (Wildman–Crippen LogP) is 3.75. The number of halogens is 3. The fraction of sp³-hybridized carbons (Fsp3) is 0.300. The number of Topliss-reactive ketones (excluding diaryl/α,β-unsaturated/α-hetero) is 1. The molecule has 0 spiro atoms. The Hall–Kier alpha value is -2.00. The molecule has 1 atom stereocenters. The van der Waals surface area contributed by atoms with E-state index in [9.17, 15) is 18.0 Å². The molecule has 0 aliphatic carbocycles. The van der Waals surface area contributed by atoms with Crippen molar-refractivity contribution in [2.24, 2.45) is 5.92 Å². The van der Waals surface area contributed by atoms with E-state index in [1.165, 1.54) is 25.3 Å². The number of amides is 1. The van der Waals surface area contributed by atoms with Gasteiger partial charge in [0.25, 0.3) is 10.0 Å². The molecule has 2 N–H and O–H groups in total. The summed E-state index contributed by atoms with van der Waals surface area (Å²) in [6.07, 6.45) is 0.501. The molecule has 11 heteroatoms. The van der Waals surface area contributed by atoms with Crippen LogP contribution >= 0.6 is 35.6 Å². The highest BCUT2D eigenvalue weighted by molar-refractivity contribution is 7.89.